The van der Waals surface area contributed by atoms with Crippen LogP contribution >= 0.6 is 0 Å². The predicted molar refractivity (Wildman–Crippen MR) is 85.5 cm³/mol. The van der Waals surface area contributed by atoms with Crippen molar-refractivity contribution in [3.05, 3.63) is 47.3 Å². The molecular formula is C16H18F3N3O2S. The molecule has 1 aliphatic carbocycles. The first kappa shape index (κ1) is 17.9. The summed E-state index contributed by atoms with van der Waals surface area (Å²) >= 11 is 0. The maximum absolute atomic E-state index is 12.5. The zero-order valence-corrected chi connectivity index (χ0v) is 14.2. The first-order valence-corrected chi connectivity index (χ1v) is 9.46. The van der Waals surface area contributed by atoms with Gasteiger partial charge in [0.1, 0.15) is 0 Å². The Balaban J connectivity index is 1.63. The summed E-state index contributed by atoms with van der Waals surface area (Å²) in [7, 11) is -3.86. The van der Waals surface area contributed by atoms with E-state index in [0.29, 0.717) is 6.54 Å². The Hall–Kier alpha value is -1.87. The Labute approximate surface area is 143 Å². The number of alkyl halides is 3. The summed E-state index contributed by atoms with van der Waals surface area (Å²) < 4.78 is 66.2. The second kappa shape index (κ2) is 6.80. The fraction of sp³-hybridized carbons (Fsp3) is 0.438. The molecule has 0 saturated heterocycles. The largest absolute Gasteiger partial charge is 0.416 e. The molecule has 0 atom stereocenters. The van der Waals surface area contributed by atoms with Gasteiger partial charge < -0.3 is 0 Å². The van der Waals surface area contributed by atoms with E-state index in [1.165, 1.54) is 5.56 Å². The monoisotopic (exact) mass is 373 g/mol. The standard InChI is InChI=1S/C16H18F3N3O2S/c17-16(18,19)13-5-7-14(8-6-13)25(23,24)21-9-10-22-15-4-2-1-3-12(15)11-20-22/h5-8,11,21H,1-4,9-10H2. The summed E-state index contributed by atoms with van der Waals surface area (Å²) in [6.45, 7) is 0.507. The molecule has 0 unspecified atom stereocenters. The first-order valence-electron chi connectivity index (χ1n) is 7.98. The highest BCUT2D eigenvalue weighted by Gasteiger charge is 2.30. The van der Waals surface area contributed by atoms with Crippen molar-refractivity contribution in [2.45, 2.75) is 43.3 Å². The van der Waals surface area contributed by atoms with Crippen LogP contribution in [-0.4, -0.2) is 24.7 Å². The third-order valence-electron chi connectivity index (χ3n) is 4.25. The van der Waals surface area contributed by atoms with Crippen molar-refractivity contribution >= 4 is 10.0 Å². The van der Waals surface area contributed by atoms with Gasteiger partial charge in [0.25, 0.3) is 0 Å². The van der Waals surface area contributed by atoms with Crippen molar-refractivity contribution in [2.24, 2.45) is 0 Å². The molecule has 1 aliphatic rings. The van der Waals surface area contributed by atoms with Crippen molar-refractivity contribution in [2.75, 3.05) is 6.54 Å². The molecule has 1 heterocycles. The lowest BCUT2D eigenvalue weighted by atomic mass is 9.98. The van der Waals surface area contributed by atoms with Gasteiger partial charge >= 0.3 is 6.18 Å². The highest BCUT2D eigenvalue weighted by Crippen LogP contribution is 2.29. The van der Waals surface area contributed by atoms with E-state index in [0.717, 1.165) is 55.6 Å². The quantitative estimate of drug-likeness (QED) is 0.877. The van der Waals surface area contributed by atoms with Gasteiger partial charge in [-0.05, 0) is 55.5 Å². The van der Waals surface area contributed by atoms with E-state index in [1.807, 2.05) is 6.20 Å². The molecule has 9 heteroatoms. The second-order valence-corrected chi connectivity index (χ2v) is 7.73. The molecule has 0 amide bonds. The minimum Gasteiger partial charge on any atom is -0.268 e. The normalized spacial score (nSPS) is 15.2. The molecule has 0 radical (unpaired) electrons. The Bertz CT molecular complexity index is 843. The molecule has 2 aromatic rings. The Morgan fingerprint density at radius 1 is 1.12 bits per heavy atom. The lowest BCUT2D eigenvalue weighted by molar-refractivity contribution is -0.137. The molecule has 25 heavy (non-hydrogen) atoms. The Morgan fingerprint density at radius 3 is 2.48 bits per heavy atom. The lowest BCUT2D eigenvalue weighted by Gasteiger charge is -2.14. The molecule has 136 valence electrons. The van der Waals surface area contributed by atoms with Gasteiger partial charge in [-0.1, -0.05) is 0 Å². The number of rotatable bonds is 5. The van der Waals surface area contributed by atoms with Crippen LogP contribution in [0, 0.1) is 0 Å². The minimum absolute atomic E-state index is 0.122. The zero-order valence-electron chi connectivity index (χ0n) is 13.4. The first-order chi connectivity index (χ1) is 11.8. The third kappa shape index (κ3) is 4.04. The van der Waals surface area contributed by atoms with Gasteiger partial charge in [-0.2, -0.15) is 18.3 Å². The minimum atomic E-state index is -4.49. The maximum atomic E-state index is 12.5. The summed E-state index contributed by atoms with van der Waals surface area (Å²) in [5, 5.41) is 4.29. The van der Waals surface area contributed by atoms with E-state index in [9.17, 15) is 21.6 Å². The Kier molecular flexibility index (Phi) is 4.88. The van der Waals surface area contributed by atoms with Crippen molar-refractivity contribution in [1.29, 1.82) is 0 Å². The lowest BCUT2D eigenvalue weighted by Crippen LogP contribution is -2.28. The molecule has 5 nitrogen and oxygen atoms in total. The van der Waals surface area contributed by atoms with Gasteiger partial charge in [-0.15, -0.1) is 0 Å². The van der Waals surface area contributed by atoms with Crippen LogP contribution in [0.2, 0.25) is 0 Å². The van der Waals surface area contributed by atoms with Crippen LogP contribution in [0.25, 0.3) is 0 Å². The summed E-state index contributed by atoms with van der Waals surface area (Å²) in [4.78, 5) is -0.192. The second-order valence-electron chi connectivity index (χ2n) is 5.97. The van der Waals surface area contributed by atoms with E-state index >= 15 is 0 Å². The average molecular weight is 373 g/mol. The number of hydrogen-bond acceptors (Lipinski definition) is 3. The van der Waals surface area contributed by atoms with Crippen LogP contribution in [0.4, 0.5) is 13.2 Å². The van der Waals surface area contributed by atoms with E-state index in [2.05, 4.69) is 9.82 Å². The number of sulfonamides is 1. The summed E-state index contributed by atoms with van der Waals surface area (Å²) in [5.41, 5.74) is 1.46. The zero-order chi connectivity index (χ0) is 18.1. The number of nitrogens with one attached hydrogen (secondary N) is 1. The third-order valence-corrected chi connectivity index (χ3v) is 5.73. The van der Waals surface area contributed by atoms with Crippen LogP contribution in [0.15, 0.2) is 35.4 Å². The Morgan fingerprint density at radius 2 is 1.80 bits per heavy atom. The molecule has 3 rings (SSSR count). The van der Waals surface area contributed by atoms with Gasteiger partial charge in [0.15, 0.2) is 0 Å². The molecule has 0 aliphatic heterocycles. The van der Waals surface area contributed by atoms with Crippen molar-refractivity contribution < 1.29 is 21.6 Å². The average Bonchev–Trinajstić information content (AvgIpc) is 2.97. The number of hydrogen-bond donors (Lipinski definition) is 1. The highest BCUT2D eigenvalue weighted by molar-refractivity contribution is 7.89. The SMILES string of the molecule is O=S(=O)(NCCn1ncc2c1CCCC2)c1ccc(C(F)(F)F)cc1. The molecular weight excluding hydrogens is 355 g/mol. The highest BCUT2D eigenvalue weighted by atomic mass is 32.2. The van der Waals surface area contributed by atoms with Crippen LogP contribution < -0.4 is 4.72 Å². The van der Waals surface area contributed by atoms with Crippen LogP contribution in [-0.2, 0) is 35.6 Å². The molecule has 0 fully saturated rings. The van der Waals surface area contributed by atoms with Crippen molar-refractivity contribution in [3.63, 3.8) is 0 Å². The van der Waals surface area contributed by atoms with Gasteiger partial charge in [-0.3, -0.25) is 4.68 Å². The van der Waals surface area contributed by atoms with Gasteiger partial charge in [0.2, 0.25) is 10.0 Å². The number of benzene rings is 1. The fourth-order valence-corrected chi connectivity index (χ4v) is 3.96. The molecule has 1 N–H and O–H groups in total. The number of aromatic nitrogens is 2. The molecule has 1 aromatic heterocycles. The molecule has 0 bridgehead atoms. The topological polar surface area (TPSA) is 64.0 Å². The number of nitrogens with zero attached hydrogens (tertiary/aromatic N) is 2. The predicted octanol–water partition coefficient (Wildman–Crippen LogP) is 2.76. The number of aryl methyl sites for hydroxylation is 1. The van der Waals surface area contributed by atoms with E-state index in [1.54, 1.807) is 4.68 Å². The molecule has 1 aromatic carbocycles. The molecule has 0 saturated carbocycles. The van der Waals surface area contributed by atoms with E-state index < -0.39 is 21.8 Å². The fourth-order valence-electron chi connectivity index (χ4n) is 2.94. The summed E-state index contributed by atoms with van der Waals surface area (Å²) in [5.74, 6) is 0. The van der Waals surface area contributed by atoms with Gasteiger partial charge in [0, 0.05) is 12.2 Å². The van der Waals surface area contributed by atoms with E-state index in [-0.39, 0.29) is 11.4 Å². The van der Waals surface area contributed by atoms with E-state index in [4.69, 9.17) is 0 Å². The summed E-state index contributed by atoms with van der Waals surface area (Å²) in [6.07, 6.45) is 1.48. The molecule has 0 spiro atoms. The van der Waals surface area contributed by atoms with Gasteiger partial charge in [-0.25, -0.2) is 13.1 Å². The van der Waals surface area contributed by atoms with Crippen LogP contribution in [0.1, 0.15) is 29.7 Å². The van der Waals surface area contributed by atoms with Gasteiger partial charge in [0.05, 0.1) is 23.2 Å². The smallest absolute Gasteiger partial charge is 0.268 e. The van der Waals surface area contributed by atoms with Crippen LogP contribution in [0.5, 0.6) is 0 Å². The number of halogens is 3. The summed E-state index contributed by atoms with van der Waals surface area (Å²) in [6, 6.07) is 3.44. The van der Waals surface area contributed by atoms with Crippen molar-refractivity contribution in [3.8, 4) is 0 Å². The van der Waals surface area contributed by atoms with Crippen molar-refractivity contribution in [1.82, 2.24) is 14.5 Å². The number of fused-ring (bicyclic) bond motifs is 1. The maximum Gasteiger partial charge on any atom is 0.416 e. The van der Waals surface area contributed by atoms with Crippen LogP contribution in [0.3, 0.4) is 0 Å².